The highest BCUT2D eigenvalue weighted by molar-refractivity contribution is 7.22. The number of aldehydes is 1. The number of nitrogens with zero attached hydrogens (tertiary/aromatic N) is 7. The van der Waals surface area contributed by atoms with E-state index in [0.717, 1.165) is 158 Å². The summed E-state index contributed by atoms with van der Waals surface area (Å²) in [6.45, 7) is 21.1. The van der Waals surface area contributed by atoms with Gasteiger partial charge in [-0.25, -0.2) is 14.8 Å². The van der Waals surface area contributed by atoms with E-state index < -0.39 is 18.1 Å². The summed E-state index contributed by atoms with van der Waals surface area (Å²) in [4.78, 5) is 41.9. The van der Waals surface area contributed by atoms with Crippen LogP contribution in [0, 0.1) is 0 Å². The molecule has 75 heavy (non-hydrogen) atoms. The summed E-state index contributed by atoms with van der Waals surface area (Å²) >= 11 is 3.39. The smallest absolute Gasteiger partial charge is 0.446 e. The number of halogens is 3. The molecular weight excluding hydrogens is 1010 g/mol. The molecule has 0 bridgehead atoms. The number of nitrogens with one attached hydrogen (secondary N) is 1. The van der Waals surface area contributed by atoms with Crippen molar-refractivity contribution in [3.05, 3.63) is 84.9 Å². The predicted molar refractivity (Wildman–Crippen MR) is 292 cm³/mol. The summed E-state index contributed by atoms with van der Waals surface area (Å²) in [5, 5.41) is 5.47. The Morgan fingerprint density at radius 1 is 0.653 bits per heavy atom. The topological polar surface area (TPSA) is 134 Å². The highest BCUT2D eigenvalue weighted by atomic mass is 32.1. The number of benzene rings is 4. The van der Waals surface area contributed by atoms with Gasteiger partial charge in [0.2, 0.25) is 6.29 Å². The van der Waals surface area contributed by atoms with Gasteiger partial charge in [-0.1, -0.05) is 0 Å². The number of amides is 1. The Morgan fingerprint density at radius 2 is 1.08 bits per heavy atom. The first-order valence-electron chi connectivity index (χ1n) is 25.6. The number of piperazine rings is 2. The largest absolute Gasteiger partial charge is 0.497 e. The molecule has 1 N–H and O–H groups in total. The Labute approximate surface area is 445 Å². The Kier molecular flexibility index (Phi) is 19.2. The monoisotopic (exact) mass is 1070 g/mol. The summed E-state index contributed by atoms with van der Waals surface area (Å²) in [5.41, 5.74) is 6.34. The average molecular weight is 1080 g/mol. The molecule has 4 aromatic carbocycles. The van der Waals surface area contributed by atoms with Gasteiger partial charge in [0.1, 0.15) is 27.1 Å². The normalized spacial score (nSPS) is 16.9. The molecule has 2 aromatic heterocycles. The maximum atomic E-state index is 12.2. The van der Waals surface area contributed by atoms with E-state index in [1.54, 1.807) is 36.9 Å². The van der Waals surface area contributed by atoms with Crippen molar-refractivity contribution in [1.29, 1.82) is 0 Å². The van der Waals surface area contributed by atoms with Gasteiger partial charge in [0.05, 0.1) is 46.9 Å². The van der Waals surface area contributed by atoms with Crippen molar-refractivity contribution in [1.82, 2.24) is 30.0 Å². The Hall–Kier alpha value is -5.61. The van der Waals surface area contributed by atoms with Crippen LogP contribution < -0.4 is 24.6 Å². The maximum absolute atomic E-state index is 12.2. The molecule has 0 aliphatic carbocycles. The van der Waals surface area contributed by atoms with Crippen LogP contribution in [0.5, 0.6) is 11.5 Å². The minimum absolute atomic E-state index is 0.206. The van der Waals surface area contributed by atoms with Crippen molar-refractivity contribution in [3.8, 4) is 32.6 Å². The number of methoxy groups -OCH3 is 2. The van der Waals surface area contributed by atoms with Crippen LogP contribution in [0.4, 0.5) is 29.3 Å². The summed E-state index contributed by atoms with van der Waals surface area (Å²) in [6, 6.07) is 29.4. The summed E-state index contributed by atoms with van der Waals surface area (Å²) < 4.78 is 61.8. The van der Waals surface area contributed by atoms with Gasteiger partial charge in [0, 0.05) is 127 Å². The molecule has 0 radical (unpaired) electrons. The molecular formula is C55H69F3N8O7S2. The van der Waals surface area contributed by atoms with Crippen molar-refractivity contribution in [3.63, 3.8) is 0 Å². The van der Waals surface area contributed by atoms with Crippen molar-refractivity contribution in [2.45, 2.75) is 57.6 Å². The first-order valence-corrected chi connectivity index (χ1v) is 27.2. The van der Waals surface area contributed by atoms with E-state index in [2.05, 4.69) is 79.5 Å². The number of anilines is 2. The van der Waals surface area contributed by atoms with E-state index in [1.807, 2.05) is 56.0 Å². The molecule has 4 aliphatic rings. The fourth-order valence-corrected chi connectivity index (χ4v) is 10.9. The molecule has 4 saturated heterocycles. The molecule has 0 spiro atoms. The van der Waals surface area contributed by atoms with E-state index in [0.29, 0.717) is 6.10 Å². The van der Waals surface area contributed by atoms with Crippen LogP contribution in [-0.4, -0.2) is 180 Å². The zero-order valence-electron chi connectivity index (χ0n) is 43.5. The molecule has 0 atom stereocenters. The standard InChI is InChI=1S/C29H38N4O4S.C24H30N4O2S.C2HF3O/c1-29(2,3)37-28(34)32-15-13-31(14-16-32)12-5-17-36-24-19-33(20-24)22-8-6-21(7-9-22)27-30-25-11-10-23(35-4)18-26(25)38-27;1-29-20-7-8-22-23(15-20)31-24(26-22)18-3-5-19(6-4-18)28-16-21(17-28)30-14-2-11-27-12-9-25-10-13-27;3-2(4,5)1-6/h6-11,18,24H,5,12-17,19-20H2,1-4H3;3-8,15,21,25H,2,9-14,16-17H2,1H3;1H. The number of alkyl halides is 3. The Morgan fingerprint density at radius 3 is 1.48 bits per heavy atom. The lowest BCUT2D eigenvalue weighted by Gasteiger charge is -2.41. The third kappa shape index (κ3) is 16.2. The zero-order chi connectivity index (χ0) is 53.0. The summed E-state index contributed by atoms with van der Waals surface area (Å²) in [6.07, 6.45) is -3.12. The van der Waals surface area contributed by atoms with E-state index in [9.17, 15) is 18.0 Å². The van der Waals surface area contributed by atoms with Crippen molar-refractivity contribution in [2.24, 2.45) is 0 Å². The molecule has 6 heterocycles. The predicted octanol–water partition coefficient (Wildman–Crippen LogP) is 9.34. The van der Waals surface area contributed by atoms with Crippen molar-refractivity contribution in [2.75, 3.05) is 129 Å². The molecule has 0 unspecified atom stereocenters. The molecule has 4 fully saturated rings. The zero-order valence-corrected chi connectivity index (χ0v) is 45.1. The molecule has 10 rings (SSSR count). The van der Waals surface area contributed by atoms with Crippen LogP contribution in [0.1, 0.15) is 33.6 Å². The lowest BCUT2D eigenvalue weighted by molar-refractivity contribution is -0.156. The van der Waals surface area contributed by atoms with Gasteiger partial charge >= 0.3 is 12.3 Å². The van der Waals surface area contributed by atoms with Crippen molar-refractivity contribution < 1.29 is 46.4 Å². The number of hydrogen-bond donors (Lipinski definition) is 1. The van der Waals surface area contributed by atoms with Gasteiger partial charge in [0.15, 0.2) is 0 Å². The number of carbonyl (C=O) groups is 2. The number of fused-ring (bicyclic) bond motifs is 2. The Bertz CT molecular complexity index is 2750. The lowest BCUT2D eigenvalue weighted by Crippen LogP contribution is -2.52. The average Bonchev–Trinajstić information content (AvgIpc) is 4.03. The third-order valence-corrected chi connectivity index (χ3v) is 15.3. The fraction of sp³-hybridized carbons (Fsp3) is 0.491. The molecule has 404 valence electrons. The minimum Gasteiger partial charge on any atom is -0.497 e. The second-order valence-electron chi connectivity index (χ2n) is 19.9. The number of thiazole rings is 2. The van der Waals surface area contributed by atoms with Crippen LogP contribution in [0.3, 0.4) is 0 Å². The highest BCUT2D eigenvalue weighted by Crippen LogP contribution is 2.36. The van der Waals surface area contributed by atoms with Crippen molar-refractivity contribution >= 4 is 66.9 Å². The maximum Gasteiger partial charge on any atom is 0.446 e. The van der Waals surface area contributed by atoms with E-state index >= 15 is 0 Å². The molecule has 15 nitrogen and oxygen atoms in total. The van der Waals surface area contributed by atoms with Crippen LogP contribution in [0.2, 0.25) is 0 Å². The fourth-order valence-electron chi connectivity index (χ4n) is 8.94. The van der Waals surface area contributed by atoms with Crippen LogP contribution in [0.15, 0.2) is 84.9 Å². The van der Waals surface area contributed by atoms with E-state index in [4.69, 9.17) is 38.4 Å². The third-order valence-electron chi connectivity index (χ3n) is 13.2. The van der Waals surface area contributed by atoms with Crippen LogP contribution >= 0.6 is 22.7 Å². The first kappa shape index (κ1) is 55.6. The quantitative estimate of drug-likeness (QED) is 0.0729. The molecule has 0 saturated carbocycles. The van der Waals surface area contributed by atoms with Gasteiger partial charge in [-0.3, -0.25) is 9.69 Å². The molecule has 6 aromatic rings. The number of hydrogen-bond acceptors (Lipinski definition) is 16. The highest BCUT2D eigenvalue weighted by Gasteiger charge is 2.30. The van der Waals surface area contributed by atoms with Gasteiger partial charge in [-0.2, -0.15) is 13.2 Å². The first-order chi connectivity index (χ1) is 36.1. The number of carbonyl (C=O) groups excluding carboxylic acids is 2. The van der Waals surface area contributed by atoms with E-state index in [-0.39, 0.29) is 12.2 Å². The number of ether oxygens (including phenoxy) is 5. The van der Waals surface area contributed by atoms with Gasteiger partial charge in [-0.15, -0.1) is 22.7 Å². The van der Waals surface area contributed by atoms with Gasteiger partial charge in [0.25, 0.3) is 0 Å². The van der Waals surface area contributed by atoms with Gasteiger partial charge in [-0.05, 0) is 119 Å². The molecule has 1 amide bonds. The van der Waals surface area contributed by atoms with Gasteiger partial charge < -0.3 is 48.6 Å². The Balaban J connectivity index is 0.000000183. The summed E-state index contributed by atoms with van der Waals surface area (Å²) in [5.74, 6) is 1.73. The number of rotatable bonds is 16. The minimum atomic E-state index is -4.64. The summed E-state index contributed by atoms with van der Waals surface area (Å²) in [7, 11) is 3.38. The molecule has 4 aliphatic heterocycles. The van der Waals surface area contributed by atoms with Crippen LogP contribution in [0.25, 0.3) is 41.6 Å². The van der Waals surface area contributed by atoms with Crippen LogP contribution in [-0.2, 0) is 19.0 Å². The second-order valence-corrected chi connectivity index (χ2v) is 21.9. The SMILES string of the molecule is COc1ccc2nc(-c3ccc(N4CC(OCCCN5CCN(C(=O)OC(C)(C)C)CC5)C4)cc3)sc2c1.COc1ccc2nc(-c3ccc(N4CC(OCCCN5CCNCC5)C4)cc3)sc2c1.O=CC(F)(F)F. The molecule has 20 heteroatoms. The lowest BCUT2D eigenvalue weighted by atomic mass is 10.1. The number of aromatic nitrogens is 2. The van der Waals surface area contributed by atoms with E-state index in [1.165, 1.54) is 24.5 Å². The second kappa shape index (κ2) is 26.0.